The zero-order chi connectivity index (χ0) is 13.7. The topological polar surface area (TPSA) is 44.1 Å². The molecule has 18 heavy (non-hydrogen) atoms. The highest BCUT2D eigenvalue weighted by molar-refractivity contribution is 7.32. The van der Waals surface area contributed by atoms with Crippen molar-refractivity contribution in [2.24, 2.45) is 0 Å². The van der Waals surface area contributed by atoms with Crippen LogP contribution in [0.2, 0.25) is 0 Å². The molecule has 98 valence electrons. The van der Waals surface area contributed by atoms with Gasteiger partial charge >= 0.3 is 0 Å². The molecule has 1 unspecified atom stereocenters. The van der Waals surface area contributed by atoms with Gasteiger partial charge in [0, 0.05) is 18.5 Å². The van der Waals surface area contributed by atoms with Gasteiger partial charge in [-0.2, -0.15) is 5.26 Å². The fourth-order valence-corrected chi connectivity index (χ4v) is 3.29. The number of nitrogens with zero attached hydrogens (tertiary/aromatic N) is 2. The lowest BCUT2D eigenvalue weighted by Gasteiger charge is -2.31. The number of carbonyl (C=O) groups excluding carboxylic acids is 1. The van der Waals surface area contributed by atoms with E-state index in [1.807, 2.05) is 44.5 Å². The molecular formula is C14H21N2OP. The van der Waals surface area contributed by atoms with Crippen LogP contribution in [0, 0.1) is 11.3 Å². The number of nitriles is 1. The molecule has 0 saturated heterocycles. The molecule has 1 rings (SSSR count). The number of hydrogen-bond donors (Lipinski definition) is 0. The summed E-state index contributed by atoms with van der Waals surface area (Å²) in [6.07, 6.45) is 1.16. The van der Waals surface area contributed by atoms with Gasteiger partial charge in [0.25, 0.3) is 5.91 Å². The van der Waals surface area contributed by atoms with E-state index in [4.69, 9.17) is 5.26 Å². The third-order valence-electron chi connectivity index (χ3n) is 2.90. The molecule has 4 heteroatoms. The Morgan fingerprint density at radius 3 is 2.50 bits per heavy atom. The van der Waals surface area contributed by atoms with Crippen LogP contribution in [0.25, 0.3) is 0 Å². The van der Waals surface area contributed by atoms with Crippen molar-refractivity contribution in [3.63, 3.8) is 0 Å². The van der Waals surface area contributed by atoms with E-state index in [1.165, 1.54) is 0 Å². The van der Waals surface area contributed by atoms with Crippen LogP contribution in [0.4, 0.5) is 0 Å². The monoisotopic (exact) mass is 264 g/mol. The van der Waals surface area contributed by atoms with E-state index in [1.54, 1.807) is 0 Å². The molecule has 0 radical (unpaired) electrons. The summed E-state index contributed by atoms with van der Waals surface area (Å²) in [5, 5.41) is 9.54. The maximum absolute atomic E-state index is 12.6. The number of hydrogen-bond acceptors (Lipinski definition) is 2. The molecule has 3 nitrogen and oxygen atoms in total. The summed E-state index contributed by atoms with van der Waals surface area (Å²) in [5.74, 6) is 2.18. The molecule has 1 aromatic rings. The van der Waals surface area contributed by atoms with E-state index >= 15 is 0 Å². The molecule has 0 fully saturated rings. The summed E-state index contributed by atoms with van der Waals surface area (Å²) >= 11 is 0. The summed E-state index contributed by atoms with van der Waals surface area (Å²) in [7, 11) is 0.448. The van der Waals surface area contributed by atoms with Crippen molar-refractivity contribution in [1.29, 1.82) is 5.26 Å². The number of carbonyl (C=O) groups is 1. The van der Waals surface area contributed by atoms with E-state index in [2.05, 4.69) is 6.07 Å². The number of amides is 1. The summed E-state index contributed by atoms with van der Waals surface area (Å²) in [6.45, 7) is 8.16. The van der Waals surface area contributed by atoms with Gasteiger partial charge in [-0.3, -0.25) is 4.79 Å². The molecule has 1 heterocycles. The first-order chi connectivity index (χ1) is 8.49. The average molecular weight is 264 g/mol. The molecule has 1 aromatic heterocycles. The second kappa shape index (κ2) is 6.61. The van der Waals surface area contributed by atoms with Crippen molar-refractivity contribution >= 4 is 14.1 Å². The fraction of sp³-hybridized carbons (Fsp3) is 0.571. The van der Waals surface area contributed by atoms with Crippen LogP contribution < -0.4 is 0 Å². The van der Waals surface area contributed by atoms with Crippen molar-refractivity contribution < 1.29 is 4.79 Å². The number of rotatable bonds is 5. The van der Waals surface area contributed by atoms with E-state index in [0.717, 1.165) is 10.9 Å². The van der Waals surface area contributed by atoms with Gasteiger partial charge in [0.2, 0.25) is 0 Å². The van der Waals surface area contributed by atoms with Crippen LogP contribution in [-0.4, -0.2) is 22.9 Å². The van der Waals surface area contributed by atoms with Gasteiger partial charge < -0.3 is 4.90 Å². The van der Waals surface area contributed by atoms with Crippen LogP contribution >= 0.6 is 8.19 Å². The second-order valence-corrected chi connectivity index (χ2v) is 6.06. The first kappa shape index (κ1) is 14.8. The molecule has 0 spiro atoms. The summed E-state index contributed by atoms with van der Waals surface area (Å²) < 4.78 is 0. The molecule has 1 amide bonds. The highest BCUT2D eigenvalue weighted by atomic mass is 31.0. The molecule has 0 saturated carbocycles. The maximum Gasteiger partial charge on any atom is 0.258 e. The molecule has 0 bridgehead atoms. The molecular weight excluding hydrogens is 243 g/mol. The SMILES string of the molecule is CC(C)N(C(=O)c1[pH]ccc1CCC#N)C(C)C. The lowest BCUT2D eigenvalue weighted by molar-refractivity contribution is 0.0648. The van der Waals surface area contributed by atoms with Gasteiger partial charge in [0.15, 0.2) is 0 Å². The Bertz CT molecular complexity index is 435. The molecule has 0 aliphatic rings. The zero-order valence-corrected chi connectivity index (χ0v) is 12.5. The van der Waals surface area contributed by atoms with E-state index in [0.29, 0.717) is 21.0 Å². The Morgan fingerprint density at radius 1 is 1.39 bits per heavy atom. The molecule has 0 aliphatic heterocycles. The van der Waals surface area contributed by atoms with Gasteiger partial charge in [-0.15, -0.1) is 8.19 Å². The van der Waals surface area contributed by atoms with Gasteiger partial charge in [0.05, 0.1) is 11.4 Å². The highest BCUT2D eigenvalue weighted by Crippen LogP contribution is 2.26. The minimum Gasteiger partial charge on any atom is -0.334 e. The Hall–Kier alpha value is -1.26. The Labute approximate surface area is 111 Å². The predicted octanol–water partition coefficient (Wildman–Crippen LogP) is 3.43. The van der Waals surface area contributed by atoms with Gasteiger partial charge in [-0.1, -0.05) is 6.07 Å². The fourth-order valence-electron chi connectivity index (χ4n) is 2.19. The number of aryl methyl sites for hydroxylation is 1. The van der Waals surface area contributed by atoms with E-state index in [9.17, 15) is 4.79 Å². The van der Waals surface area contributed by atoms with Crippen molar-refractivity contribution in [3.8, 4) is 6.07 Å². The normalized spacial score (nSPS) is 11.2. The zero-order valence-electron chi connectivity index (χ0n) is 11.5. The Balaban J connectivity index is 2.96. The standard InChI is InChI=1S/C14H21N2OP/c1-10(2)16(11(3)4)14(17)13-12(6-5-8-15)7-9-18-13/h7,9-11,18H,5-6H2,1-4H3. The van der Waals surface area contributed by atoms with E-state index < -0.39 is 0 Å². The Morgan fingerprint density at radius 2 is 2.00 bits per heavy atom. The minimum absolute atomic E-state index is 0.135. The summed E-state index contributed by atoms with van der Waals surface area (Å²) in [5.41, 5.74) is 1.05. The first-order valence-electron chi connectivity index (χ1n) is 6.34. The van der Waals surface area contributed by atoms with Crippen molar-refractivity contribution in [1.82, 2.24) is 4.90 Å². The summed E-state index contributed by atoms with van der Waals surface area (Å²) in [6, 6.07) is 4.54. The van der Waals surface area contributed by atoms with Crippen LogP contribution in [0.5, 0.6) is 0 Å². The predicted molar refractivity (Wildman–Crippen MR) is 76.3 cm³/mol. The van der Waals surface area contributed by atoms with Crippen LogP contribution in [0.3, 0.4) is 0 Å². The Kier molecular flexibility index (Phi) is 5.44. The first-order valence-corrected chi connectivity index (χ1v) is 7.42. The molecule has 0 aromatic carbocycles. The lowest BCUT2D eigenvalue weighted by Crippen LogP contribution is -2.41. The van der Waals surface area contributed by atoms with Gasteiger partial charge in [-0.05, 0) is 45.5 Å². The van der Waals surface area contributed by atoms with Crippen molar-refractivity contribution in [3.05, 3.63) is 22.7 Å². The third-order valence-corrected chi connectivity index (χ3v) is 4.06. The molecule has 1 atom stereocenters. The average Bonchev–Trinajstić information content (AvgIpc) is 2.73. The van der Waals surface area contributed by atoms with Crippen LogP contribution in [-0.2, 0) is 6.42 Å². The smallest absolute Gasteiger partial charge is 0.258 e. The van der Waals surface area contributed by atoms with Crippen LogP contribution in [0.1, 0.15) is 49.8 Å². The molecule has 0 aliphatic carbocycles. The maximum atomic E-state index is 12.6. The second-order valence-electron chi connectivity index (χ2n) is 4.94. The van der Waals surface area contributed by atoms with E-state index in [-0.39, 0.29) is 18.0 Å². The molecule has 0 N–H and O–H groups in total. The highest BCUT2D eigenvalue weighted by Gasteiger charge is 2.23. The minimum atomic E-state index is 0.135. The van der Waals surface area contributed by atoms with Crippen molar-refractivity contribution in [2.45, 2.75) is 52.6 Å². The quantitative estimate of drug-likeness (QED) is 0.817. The lowest BCUT2D eigenvalue weighted by atomic mass is 10.1. The summed E-state index contributed by atoms with van der Waals surface area (Å²) in [4.78, 5) is 14.5. The third kappa shape index (κ3) is 3.37. The largest absolute Gasteiger partial charge is 0.334 e. The van der Waals surface area contributed by atoms with Crippen molar-refractivity contribution in [2.75, 3.05) is 0 Å². The van der Waals surface area contributed by atoms with Gasteiger partial charge in [0.1, 0.15) is 0 Å². The van der Waals surface area contributed by atoms with Gasteiger partial charge in [-0.25, -0.2) is 0 Å². The van der Waals surface area contributed by atoms with Crippen LogP contribution in [0.15, 0.2) is 11.9 Å².